The van der Waals surface area contributed by atoms with Crippen LogP contribution < -0.4 is 5.23 Å². The molecule has 148 valence electrons. The van der Waals surface area contributed by atoms with E-state index in [0.29, 0.717) is 0 Å². The van der Waals surface area contributed by atoms with Gasteiger partial charge in [-0.25, -0.2) is 0 Å². The third-order valence-electron chi connectivity index (χ3n) is 5.26. The molecule has 0 fully saturated rings. The number of carbonyl (C=O) groups is 2. The molecular weight excluding hydrogens is 373 g/mol. The van der Waals surface area contributed by atoms with Crippen LogP contribution in [-0.4, -0.2) is 19.6 Å². The van der Waals surface area contributed by atoms with Crippen LogP contribution in [0.25, 0.3) is 11.1 Å². The summed E-state index contributed by atoms with van der Waals surface area (Å²) in [6, 6.07) is 24.4. The topological polar surface area (TPSA) is 55.4 Å². The first kappa shape index (κ1) is 19.7. The van der Waals surface area contributed by atoms with Crippen molar-refractivity contribution in [2.24, 2.45) is 0 Å². The molecule has 0 aliphatic heterocycles. The van der Waals surface area contributed by atoms with E-state index in [0.717, 1.165) is 17.4 Å². The van der Waals surface area contributed by atoms with Crippen molar-refractivity contribution in [3.8, 4) is 11.1 Å². The van der Waals surface area contributed by atoms with E-state index < -0.39 is 6.10 Å². The summed E-state index contributed by atoms with van der Waals surface area (Å²) in [5.41, 5.74) is 6.63. The van der Waals surface area contributed by atoms with E-state index >= 15 is 0 Å². The molecule has 1 unspecified atom stereocenters. The molecule has 0 aromatic heterocycles. The van der Waals surface area contributed by atoms with E-state index in [4.69, 9.17) is 4.74 Å². The van der Waals surface area contributed by atoms with Crippen molar-refractivity contribution < 1.29 is 14.3 Å². The van der Waals surface area contributed by atoms with Crippen LogP contribution in [0.15, 0.2) is 84.9 Å². The summed E-state index contributed by atoms with van der Waals surface area (Å²) in [7, 11) is 0.229. The van der Waals surface area contributed by atoms with Gasteiger partial charge in [0, 0.05) is 18.5 Å². The van der Waals surface area contributed by atoms with Gasteiger partial charge in [0.1, 0.15) is 12.3 Å². The van der Waals surface area contributed by atoms with Crippen LogP contribution >= 0.6 is 0 Å². The van der Waals surface area contributed by atoms with Gasteiger partial charge in [0.25, 0.3) is 0 Å². The van der Waals surface area contributed by atoms with Gasteiger partial charge in [-0.3, -0.25) is 4.79 Å². The molecule has 0 bridgehead atoms. The molecule has 1 atom stereocenters. The molecule has 4 rings (SSSR count). The molecule has 3 aromatic carbocycles. The van der Waals surface area contributed by atoms with Crippen LogP contribution in [-0.2, 0) is 14.3 Å². The lowest BCUT2D eigenvalue weighted by Crippen LogP contribution is -2.10. The fourth-order valence-electron chi connectivity index (χ4n) is 4.00. The summed E-state index contributed by atoms with van der Waals surface area (Å²) in [6.45, 7) is 1.41. The number of hydrogen-bond acceptors (Lipinski definition) is 4. The fourth-order valence-corrected chi connectivity index (χ4v) is 4.00. The van der Waals surface area contributed by atoms with Crippen LogP contribution in [0.1, 0.15) is 35.6 Å². The Balaban J connectivity index is 1.67. The summed E-state index contributed by atoms with van der Waals surface area (Å²) >= 11 is 0. The van der Waals surface area contributed by atoms with Crippen molar-refractivity contribution in [3.63, 3.8) is 0 Å². The Hall–Kier alpha value is -3.60. The zero-order chi connectivity index (χ0) is 20.9. The maximum absolute atomic E-state index is 11.8. The third-order valence-corrected chi connectivity index (χ3v) is 5.26. The third kappa shape index (κ3) is 4.06. The standard InChI is InChI=1S/C25H22BNO3/c1-17(29)30-25(18-7-6-8-19(15-18)27-26-16-28)14-13-24-22-11-4-2-9-20(22)21-10-3-5-12-23(21)24/h2-16,24-27H,1H3/b14-13+. The summed E-state index contributed by atoms with van der Waals surface area (Å²) in [5, 5.41) is 3.03. The molecule has 0 amide bonds. The second-order valence-electron chi connectivity index (χ2n) is 7.24. The SMILES string of the molecule is CC(=O)OC(/C=C/C1c2ccccc2-c2ccccc21)c1cccc(NBC=O)c1. The lowest BCUT2D eigenvalue weighted by Gasteiger charge is -2.16. The van der Waals surface area contributed by atoms with Crippen molar-refractivity contribution in [2.75, 3.05) is 5.23 Å². The number of carbonyl (C=O) groups excluding carboxylic acids is 2. The maximum atomic E-state index is 11.8. The Kier molecular flexibility index (Phi) is 5.80. The molecule has 0 saturated carbocycles. The molecule has 0 spiro atoms. The Morgan fingerprint density at radius 1 is 1.00 bits per heavy atom. The second kappa shape index (κ2) is 8.83. The summed E-state index contributed by atoms with van der Waals surface area (Å²) in [4.78, 5) is 22.4. The number of nitrogens with one attached hydrogen (secondary N) is 1. The monoisotopic (exact) mass is 395 g/mol. The van der Waals surface area contributed by atoms with Crippen molar-refractivity contribution in [1.29, 1.82) is 0 Å². The molecule has 0 heterocycles. The smallest absolute Gasteiger partial charge is 0.308 e. The molecule has 0 saturated heterocycles. The average Bonchev–Trinajstić information content (AvgIpc) is 3.09. The average molecular weight is 395 g/mol. The molecule has 30 heavy (non-hydrogen) atoms. The van der Waals surface area contributed by atoms with Crippen LogP contribution in [0.4, 0.5) is 5.69 Å². The van der Waals surface area contributed by atoms with Gasteiger partial charge in [-0.2, -0.15) is 0 Å². The predicted molar refractivity (Wildman–Crippen MR) is 121 cm³/mol. The van der Waals surface area contributed by atoms with Crippen molar-refractivity contribution >= 4 is 25.3 Å². The number of fused-ring (bicyclic) bond motifs is 3. The van der Waals surface area contributed by atoms with E-state index in [9.17, 15) is 9.59 Å². The Labute approximate surface area is 176 Å². The first-order valence-electron chi connectivity index (χ1n) is 9.98. The molecule has 0 radical (unpaired) electrons. The van der Waals surface area contributed by atoms with Crippen molar-refractivity contribution in [3.05, 3.63) is 102 Å². The van der Waals surface area contributed by atoms with Gasteiger partial charge in [0.05, 0.1) is 0 Å². The van der Waals surface area contributed by atoms with E-state index in [1.165, 1.54) is 29.2 Å². The lowest BCUT2D eigenvalue weighted by molar-refractivity contribution is -0.144. The highest BCUT2D eigenvalue weighted by molar-refractivity contribution is 6.69. The molecule has 3 aromatic rings. The predicted octanol–water partition coefficient (Wildman–Crippen LogP) is 4.61. The Morgan fingerprint density at radius 3 is 2.30 bits per heavy atom. The van der Waals surface area contributed by atoms with Crippen LogP contribution in [0, 0.1) is 0 Å². The van der Waals surface area contributed by atoms with E-state index in [-0.39, 0.29) is 19.3 Å². The molecule has 5 heteroatoms. The summed E-state index contributed by atoms with van der Waals surface area (Å²) in [5.74, 6) is -0.241. The number of rotatable bonds is 7. The minimum atomic E-state index is -0.514. The molecule has 1 aliphatic rings. The van der Waals surface area contributed by atoms with Crippen molar-refractivity contribution in [2.45, 2.75) is 18.9 Å². The lowest BCUT2D eigenvalue weighted by atomic mass is 9.95. The Morgan fingerprint density at radius 2 is 1.67 bits per heavy atom. The number of ether oxygens (including phenoxy) is 1. The number of anilines is 1. The normalized spacial score (nSPS) is 13.4. The zero-order valence-corrected chi connectivity index (χ0v) is 16.7. The van der Waals surface area contributed by atoms with Crippen molar-refractivity contribution in [1.82, 2.24) is 0 Å². The van der Waals surface area contributed by atoms with Gasteiger partial charge in [0.15, 0.2) is 0 Å². The van der Waals surface area contributed by atoms with E-state index in [1.54, 1.807) is 0 Å². The number of hydrogen-bond donors (Lipinski definition) is 1. The second-order valence-corrected chi connectivity index (χ2v) is 7.24. The minimum absolute atomic E-state index is 0.104. The van der Waals surface area contributed by atoms with E-state index in [1.807, 2.05) is 30.3 Å². The number of benzene rings is 3. The highest BCUT2D eigenvalue weighted by Crippen LogP contribution is 2.45. The molecule has 4 nitrogen and oxygen atoms in total. The van der Waals surface area contributed by atoms with Crippen LogP contribution in [0.2, 0.25) is 0 Å². The highest BCUT2D eigenvalue weighted by atomic mass is 16.5. The first-order chi connectivity index (χ1) is 14.7. The molecular formula is C25H22BNO3. The minimum Gasteiger partial charge on any atom is -0.453 e. The number of esters is 1. The highest BCUT2D eigenvalue weighted by Gasteiger charge is 2.26. The largest absolute Gasteiger partial charge is 0.453 e. The van der Waals surface area contributed by atoms with Gasteiger partial charge in [0.2, 0.25) is 0 Å². The molecule has 1 aliphatic carbocycles. The Bertz CT molecular complexity index is 1060. The quantitative estimate of drug-likeness (QED) is 0.275. The van der Waals surface area contributed by atoms with E-state index in [2.05, 4.69) is 59.8 Å². The van der Waals surface area contributed by atoms with Gasteiger partial charge in [-0.15, -0.1) is 0 Å². The summed E-state index contributed by atoms with van der Waals surface area (Å²) < 4.78 is 5.61. The van der Waals surface area contributed by atoms with Crippen LogP contribution in [0.3, 0.4) is 0 Å². The van der Waals surface area contributed by atoms with Gasteiger partial charge < -0.3 is 14.8 Å². The maximum Gasteiger partial charge on any atom is 0.308 e. The fraction of sp³-hybridized carbons (Fsp3) is 0.120. The van der Waals surface area contributed by atoms with Crippen LogP contribution in [0.5, 0.6) is 0 Å². The first-order valence-corrected chi connectivity index (χ1v) is 9.98. The van der Waals surface area contributed by atoms with Gasteiger partial charge in [-0.05, 0) is 46.0 Å². The van der Waals surface area contributed by atoms with Gasteiger partial charge in [-0.1, -0.05) is 66.7 Å². The molecule has 1 N–H and O–H groups in total. The zero-order valence-electron chi connectivity index (χ0n) is 16.7. The summed E-state index contributed by atoms with van der Waals surface area (Å²) in [6.07, 6.45) is 4.36. The van der Waals surface area contributed by atoms with Gasteiger partial charge >= 0.3 is 13.4 Å². The number of allylic oxidation sites excluding steroid dienone is 1.